The Kier molecular flexibility index (Phi) is 5.55. The van der Waals surface area contributed by atoms with Crippen molar-refractivity contribution >= 4 is 27.3 Å². The van der Waals surface area contributed by atoms with Crippen LogP contribution in [-0.2, 0) is 14.6 Å². The number of hydrogen-bond acceptors (Lipinski definition) is 3. The number of unbranched alkanes of at least 4 members (excludes halogenated alkanes) is 1. The van der Waals surface area contributed by atoms with Crippen molar-refractivity contribution in [3.05, 3.63) is 0 Å². The molecule has 0 aromatic heterocycles. The molecule has 0 aromatic carbocycles. The first-order valence-electron chi connectivity index (χ1n) is 5.60. The molecule has 1 saturated heterocycles. The number of sulfone groups is 1. The summed E-state index contributed by atoms with van der Waals surface area (Å²) >= 11 is 5.49. The van der Waals surface area contributed by atoms with E-state index in [1.165, 1.54) is 0 Å². The summed E-state index contributed by atoms with van der Waals surface area (Å²) < 4.78 is 22.9. The fourth-order valence-electron chi connectivity index (χ4n) is 1.78. The van der Waals surface area contributed by atoms with Crippen molar-refractivity contribution in [1.29, 1.82) is 0 Å². The summed E-state index contributed by atoms with van der Waals surface area (Å²) in [5.41, 5.74) is 0. The zero-order valence-electron chi connectivity index (χ0n) is 9.25. The summed E-state index contributed by atoms with van der Waals surface area (Å²) in [5, 5.41) is 2.31. The summed E-state index contributed by atoms with van der Waals surface area (Å²) in [5.74, 6) is 0.747. The Labute approximate surface area is 102 Å². The Balaban J connectivity index is 2.21. The van der Waals surface area contributed by atoms with Gasteiger partial charge >= 0.3 is 0 Å². The van der Waals surface area contributed by atoms with Crippen LogP contribution in [0.25, 0.3) is 0 Å². The van der Waals surface area contributed by atoms with Crippen molar-refractivity contribution in [2.75, 3.05) is 18.2 Å². The molecule has 1 unspecified atom stereocenters. The van der Waals surface area contributed by atoms with E-state index in [1.807, 2.05) is 0 Å². The first kappa shape index (κ1) is 13.8. The number of nitrogens with one attached hydrogen (secondary N) is 1. The van der Waals surface area contributed by atoms with Gasteiger partial charge in [-0.05, 0) is 25.7 Å². The van der Waals surface area contributed by atoms with Gasteiger partial charge < -0.3 is 5.32 Å². The molecular formula is C10H18ClNO3S. The quantitative estimate of drug-likeness (QED) is 0.579. The van der Waals surface area contributed by atoms with Gasteiger partial charge in [-0.1, -0.05) is 0 Å². The zero-order chi connectivity index (χ0) is 12.0. The fraction of sp³-hybridized carbons (Fsp3) is 0.900. The van der Waals surface area contributed by atoms with Crippen molar-refractivity contribution in [2.45, 2.75) is 37.4 Å². The van der Waals surface area contributed by atoms with Crippen molar-refractivity contribution in [2.24, 2.45) is 0 Å². The SMILES string of the molecule is O=C(CCCCCl)NCC1CCCS1(=O)=O. The van der Waals surface area contributed by atoms with Crippen LogP contribution in [0.15, 0.2) is 0 Å². The van der Waals surface area contributed by atoms with Crippen molar-refractivity contribution in [3.63, 3.8) is 0 Å². The van der Waals surface area contributed by atoms with Crippen LogP contribution < -0.4 is 5.32 Å². The maximum atomic E-state index is 11.5. The molecule has 6 heteroatoms. The Morgan fingerprint density at radius 1 is 1.38 bits per heavy atom. The van der Waals surface area contributed by atoms with Crippen LogP contribution in [0.1, 0.15) is 32.1 Å². The minimum atomic E-state index is -2.94. The number of rotatable bonds is 6. The second-order valence-corrected chi connectivity index (χ2v) is 6.86. The number of hydrogen-bond donors (Lipinski definition) is 1. The molecule has 1 aliphatic heterocycles. The van der Waals surface area contributed by atoms with Crippen LogP contribution in [0.4, 0.5) is 0 Å². The van der Waals surface area contributed by atoms with Crippen LogP contribution in [0, 0.1) is 0 Å². The monoisotopic (exact) mass is 267 g/mol. The molecule has 4 nitrogen and oxygen atoms in total. The Hall–Kier alpha value is -0.290. The second-order valence-electron chi connectivity index (χ2n) is 4.08. The molecule has 0 saturated carbocycles. The summed E-state index contributed by atoms with van der Waals surface area (Å²) in [4.78, 5) is 11.3. The van der Waals surface area contributed by atoms with Gasteiger partial charge in [0.15, 0.2) is 9.84 Å². The molecule has 1 N–H and O–H groups in total. The van der Waals surface area contributed by atoms with E-state index < -0.39 is 9.84 Å². The van der Waals surface area contributed by atoms with Crippen LogP contribution in [0.3, 0.4) is 0 Å². The van der Waals surface area contributed by atoms with Gasteiger partial charge in [-0.25, -0.2) is 8.42 Å². The lowest BCUT2D eigenvalue weighted by Crippen LogP contribution is -2.34. The second kappa shape index (κ2) is 6.45. The normalized spacial score (nSPS) is 23.2. The predicted molar refractivity (Wildman–Crippen MR) is 64.4 cm³/mol. The van der Waals surface area contributed by atoms with Gasteiger partial charge in [-0.2, -0.15) is 0 Å². The minimum Gasteiger partial charge on any atom is -0.355 e. The van der Waals surface area contributed by atoms with E-state index in [0.29, 0.717) is 18.7 Å². The molecule has 1 heterocycles. The van der Waals surface area contributed by atoms with Gasteiger partial charge in [-0.3, -0.25) is 4.79 Å². The molecule has 94 valence electrons. The van der Waals surface area contributed by atoms with Crippen molar-refractivity contribution < 1.29 is 13.2 Å². The molecule has 0 spiro atoms. The Morgan fingerprint density at radius 3 is 2.69 bits per heavy atom. The van der Waals surface area contributed by atoms with Crippen molar-refractivity contribution in [3.8, 4) is 0 Å². The zero-order valence-corrected chi connectivity index (χ0v) is 10.8. The average molecular weight is 268 g/mol. The lowest BCUT2D eigenvalue weighted by molar-refractivity contribution is -0.121. The van der Waals surface area contributed by atoms with Crippen molar-refractivity contribution in [1.82, 2.24) is 5.32 Å². The van der Waals surface area contributed by atoms with Gasteiger partial charge in [0.05, 0.1) is 11.0 Å². The Morgan fingerprint density at radius 2 is 2.12 bits per heavy atom. The first-order chi connectivity index (χ1) is 7.56. The minimum absolute atomic E-state index is 0.0767. The number of carbonyl (C=O) groups is 1. The molecule has 0 aromatic rings. The van der Waals surface area contributed by atoms with Gasteiger partial charge in [0.25, 0.3) is 0 Å². The number of alkyl halides is 1. The third kappa shape index (κ3) is 4.29. The maximum Gasteiger partial charge on any atom is 0.220 e. The Bertz CT molecular complexity index is 329. The summed E-state index contributed by atoms with van der Waals surface area (Å²) in [6.07, 6.45) is 3.39. The van der Waals surface area contributed by atoms with E-state index in [0.717, 1.165) is 19.3 Å². The number of halogens is 1. The third-order valence-electron chi connectivity index (χ3n) is 2.78. The van der Waals surface area contributed by atoms with Gasteiger partial charge in [-0.15, -0.1) is 11.6 Å². The highest BCUT2D eigenvalue weighted by Crippen LogP contribution is 2.18. The van der Waals surface area contributed by atoms with Crippen LogP contribution in [0.2, 0.25) is 0 Å². The molecule has 1 atom stereocenters. The van der Waals surface area contributed by atoms with E-state index in [2.05, 4.69) is 5.32 Å². The highest BCUT2D eigenvalue weighted by molar-refractivity contribution is 7.92. The molecule has 16 heavy (non-hydrogen) atoms. The highest BCUT2D eigenvalue weighted by atomic mass is 35.5. The lowest BCUT2D eigenvalue weighted by Gasteiger charge is -2.10. The predicted octanol–water partition coefficient (Wildman–Crippen LogP) is 1.09. The van der Waals surface area contributed by atoms with E-state index in [1.54, 1.807) is 0 Å². The van der Waals surface area contributed by atoms with Crippen LogP contribution in [0.5, 0.6) is 0 Å². The van der Waals surface area contributed by atoms with E-state index in [9.17, 15) is 13.2 Å². The van der Waals surface area contributed by atoms with Crippen LogP contribution in [-0.4, -0.2) is 37.8 Å². The van der Waals surface area contributed by atoms with E-state index >= 15 is 0 Å². The standard InChI is InChI=1S/C10H18ClNO3S/c11-6-2-1-5-10(13)12-8-9-4-3-7-16(9,14)15/h9H,1-8H2,(H,12,13). The topological polar surface area (TPSA) is 63.2 Å². The molecule has 1 rings (SSSR count). The average Bonchev–Trinajstić information content (AvgIpc) is 2.55. The summed E-state index contributed by atoms with van der Waals surface area (Å²) in [6.45, 7) is 0.266. The fourth-order valence-corrected chi connectivity index (χ4v) is 3.74. The molecule has 1 fully saturated rings. The molecule has 1 aliphatic rings. The first-order valence-corrected chi connectivity index (χ1v) is 7.85. The molecule has 0 radical (unpaired) electrons. The molecule has 0 bridgehead atoms. The largest absolute Gasteiger partial charge is 0.355 e. The van der Waals surface area contributed by atoms with Gasteiger partial charge in [0, 0.05) is 18.8 Å². The van der Waals surface area contributed by atoms with Gasteiger partial charge in [0.1, 0.15) is 0 Å². The lowest BCUT2D eigenvalue weighted by atomic mass is 10.2. The smallest absolute Gasteiger partial charge is 0.220 e. The summed E-state index contributed by atoms with van der Waals surface area (Å²) in [6, 6.07) is 0. The van der Waals surface area contributed by atoms with E-state index in [4.69, 9.17) is 11.6 Å². The summed E-state index contributed by atoms with van der Waals surface area (Å²) in [7, 11) is -2.94. The molecule has 1 amide bonds. The third-order valence-corrected chi connectivity index (χ3v) is 5.32. The molecular weight excluding hydrogens is 250 g/mol. The molecule has 0 aliphatic carbocycles. The van der Waals surface area contributed by atoms with E-state index in [-0.39, 0.29) is 23.5 Å². The number of amides is 1. The van der Waals surface area contributed by atoms with Gasteiger partial charge in [0.2, 0.25) is 5.91 Å². The number of carbonyl (C=O) groups excluding carboxylic acids is 1. The highest BCUT2D eigenvalue weighted by Gasteiger charge is 2.31. The van der Waals surface area contributed by atoms with Crippen LogP contribution >= 0.6 is 11.6 Å². The maximum absolute atomic E-state index is 11.5.